The van der Waals surface area contributed by atoms with Crippen molar-refractivity contribution in [3.8, 4) is 17.2 Å². The summed E-state index contributed by atoms with van der Waals surface area (Å²) in [7, 11) is -0.720. The van der Waals surface area contributed by atoms with Gasteiger partial charge < -0.3 is 44.2 Å². The smallest absolute Gasteiger partial charge is 0.323 e. The van der Waals surface area contributed by atoms with E-state index in [0.29, 0.717) is 41.7 Å². The van der Waals surface area contributed by atoms with Gasteiger partial charge in [0.05, 0.1) is 36.7 Å². The van der Waals surface area contributed by atoms with Crippen LogP contribution < -0.4 is 24.8 Å². The summed E-state index contributed by atoms with van der Waals surface area (Å²) in [6, 6.07) is 8.76. The number of hydrogen-bond donors (Lipinski definition) is 3. The second kappa shape index (κ2) is 16.1. The molecule has 2 aliphatic rings. The van der Waals surface area contributed by atoms with Crippen LogP contribution in [0.15, 0.2) is 53.9 Å². The van der Waals surface area contributed by atoms with Gasteiger partial charge in [0, 0.05) is 63.3 Å². The van der Waals surface area contributed by atoms with Crippen LogP contribution in [0.4, 0.5) is 16.2 Å². The fourth-order valence-corrected chi connectivity index (χ4v) is 6.91. The Labute approximate surface area is 292 Å². The van der Waals surface area contributed by atoms with Gasteiger partial charge in [0.1, 0.15) is 5.75 Å². The molecule has 3 aromatic rings. The highest BCUT2D eigenvalue weighted by molar-refractivity contribution is 7.89. The summed E-state index contributed by atoms with van der Waals surface area (Å²) in [5.74, 6) is 0.677. The van der Waals surface area contributed by atoms with Gasteiger partial charge in [-0.2, -0.15) is 4.31 Å². The Morgan fingerprint density at radius 1 is 1.08 bits per heavy atom. The van der Waals surface area contributed by atoms with Crippen LogP contribution in [0.25, 0.3) is 0 Å². The average Bonchev–Trinajstić information content (AvgIpc) is 3.75. The molecule has 3 amide bonds. The van der Waals surface area contributed by atoms with Crippen molar-refractivity contribution in [3.05, 3.63) is 54.5 Å². The summed E-state index contributed by atoms with van der Waals surface area (Å²) >= 11 is 0. The first-order valence-corrected chi connectivity index (χ1v) is 18.1. The number of nitrogens with one attached hydrogen (secondary N) is 2. The van der Waals surface area contributed by atoms with Gasteiger partial charge >= 0.3 is 6.03 Å². The molecule has 15 nitrogen and oxygen atoms in total. The number of rotatable bonds is 8. The van der Waals surface area contributed by atoms with E-state index in [4.69, 9.17) is 18.9 Å². The first-order chi connectivity index (χ1) is 23.8. The lowest BCUT2D eigenvalue weighted by Crippen LogP contribution is -2.48. The molecule has 4 atom stereocenters. The van der Waals surface area contributed by atoms with E-state index < -0.39 is 34.1 Å². The number of hydrogen-bond acceptors (Lipinski definition) is 10. The Kier molecular flexibility index (Phi) is 11.9. The standard InChI is InChI=1S/C34H46N6O9S/c1-22-16-40(23(2)19-41)33(42)27-14-25(36-34(43)37-26-10-12-29-30(15-26)48-21-47-29)9-11-28(27)49-24(3)8-6-7-13-46-31(22)17-39(5)50(44,45)32-18-38(4)20-35-32/h9-12,14-15,18,20,22-24,31,41H,6-8,13,16-17,19,21H2,1-5H3,(H2,36,37,43)/t22-,23-,24-,31+/m0/s1. The van der Waals surface area contributed by atoms with Gasteiger partial charge in [0.2, 0.25) is 6.79 Å². The molecule has 16 heteroatoms. The minimum Gasteiger partial charge on any atom is -0.490 e. The molecule has 5 rings (SSSR count). The third kappa shape index (κ3) is 8.85. The summed E-state index contributed by atoms with van der Waals surface area (Å²) in [6.07, 6.45) is 4.22. The number of carbonyl (C=O) groups is 2. The van der Waals surface area contributed by atoms with E-state index in [-0.39, 0.29) is 49.1 Å². The highest BCUT2D eigenvalue weighted by atomic mass is 32.2. The number of aromatic nitrogens is 2. The van der Waals surface area contributed by atoms with E-state index in [1.54, 1.807) is 54.9 Å². The number of imidazole rings is 1. The van der Waals surface area contributed by atoms with Crippen molar-refractivity contribution in [2.24, 2.45) is 13.0 Å². The highest BCUT2D eigenvalue weighted by Gasteiger charge is 2.33. The van der Waals surface area contributed by atoms with Gasteiger partial charge in [0.25, 0.3) is 15.9 Å². The third-order valence-electron chi connectivity index (χ3n) is 8.73. The molecule has 3 heterocycles. The third-order valence-corrected chi connectivity index (χ3v) is 10.4. The second-order valence-corrected chi connectivity index (χ2v) is 14.8. The molecule has 2 aliphatic heterocycles. The Morgan fingerprint density at radius 3 is 2.48 bits per heavy atom. The molecular formula is C34H46N6O9S. The first kappa shape index (κ1) is 36.9. The zero-order valence-electron chi connectivity index (χ0n) is 29.0. The number of carbonyl (C=O) groups excluding carboxylic acids is 2. The van der Waals surface area contributed by atoms with Crippen LogP contribution >= 0.6 is 0 Å². The van der Waals surface area contributed by atoms with Gasteiger partial charge in [-0.1, -0.05) is 6.92 Å². The normalized spacial score (nSPS) is 20.8. The molecule has 0 radical (unpaired) electrons. The van der Waals surface area contributed by atoms with Crippen molar-refractivity contribution in [2.75, 3.05) is 50.8 Å². The van der Waals surface area contributed by atoms with Gasteiger partial charge in [-0.15, -0.1) is 0 Å². The molecular weight excluding hydrogens is 668 g/mol. The largest absolute Gasteiger partial charge is 0.490 e. The lowest BCUT2D eigenvalue weighted by atomic mass is 10.0. The zero-order valence-corrected chi connectivity index (χ0v) is 29.8. The van der Waals surface area contributed by atoms with Crippen LogP contribution in [0, 0.1) is 5.92 Å². The predicted octanol–water partition coefficient (Wildman–Crippen LogP) is 3.91. The SMILES string of the molecule is C[C@H]1CCCCO[C@H](CN(C)S(=O)(=O)c2cn(C)cn2)[C@@H](C)CN([C@@H](C)CO)C(=O)c2cc(NC(=O)Nc3ccc4c(c3)OCO4)ccc2O1. The molecule has 0 saturated carbocycles. The summed E-state index contributed by atoms with van der Waals surface area (Å²) in [5.41, 5.74) is 1.04. The Balaban J connectivity index is 1.39. The average molecular weight is 715 g/mol. The first-order valence-electron chi connectivity index (χ1n) is 16.6. The van der Waals surface area contributed by atoms with Crippen molar-refractivity contribution >= 4 is 33.3 Å². The molecule has 3 N–H and O–H groups in total. The summed E-state index contributed by atoms with van der Waals surface area (Å²) in [5, 5.41) is 15.7. The number of aryl methyl sites for hydroxylation is 1. The number of urea groups is 1. The lowest BCUT2D eigenvalue weighted by molar-refractivity contribution is -0.00835. The van der Waals surface area contributed by atoms with Crippen molar-refractivity contribution in [1.29, 1.82) is 0 Å². The molecule has 0 unspecified atom stereocenters. The van der Waals surface area contributed by atoms with Crippen LogP contribution in [0.3, 0.4) is 0 Å². The van der Waals surface area contributed by atoms with Crippen LogP contribution in [0.1, 0.15) is 50.4 Å². The van der Waals surface area contributed by atoms with Crippen LogP contribution in [0.5, 0.6) is 17.2 Å². The monoisotopic (exact) mass is 714 g/mol. The predicted molar refractivity (Wildman–Crippen MR) is 185 cm³/mol. The summed E-state index contributed by atoms with van der Waals surface area (Å²) in [6.45, 7) is 5.88. The van der Waals surface area contributed by atoms with Crippen molar-refractivity contribution < 1.29 is 42.1 Å². The maximum atomic E-state index is 14.4. The van der Waals surface area contributed by atoms with Crippen LogP contribution in [-0.4, -0.2) is 103 Å². The zero-order chi connectivity index (χ0) is 36.0. The van der Waals surface area contributed by atoms with E-state index in [1.807, 2.05) is 13.8 Å². The fraction of sp³-hybridized carbons (Fsp3) is 0.500. The van der Waals surface area contributed by atoms with Gasteiger partial charge in [0.15, 0.2) is 16.5 Å². The number of aliphatic hydroxyl groups is 1. The van der Waals surface area contributed by atoms with Crippen LogP contribution in [-0.2, 0) is 21.8 Å². The fourth-order valence-electron chi connectivity index (χ4n) is 5.76. The Bertz CT molecular complexity index is 1770. The van der Waals surface area contributed by atoms with E-state index in [9.17, 15) is 23.1 Å². The number of benzene rings is 2. The minimum atomic E-state index is -3.90. The highest BCUT2D eigenvalue weighted by Crippen LogP contribution is 2.34. The van der Waals surface area contributed by atoms with Gasteiger partial charge in [-0.25, -0.2) is 18.2 Å². The summed E-state index contributed by atoms with van der Waals surface area (Å²) < 4.78 is 52.7. The maximum Gasteiger partial charge on any atom is 0.323 e. The number of ether oxygens (including phenoxy) is 4. The number of nitrogens with zero attached hydrogens (tertiary/aromatic N) is 4. The van der Waals surface area contributed by atoms with Crippen molar-refractivity contribution in [3.63, 3.8) is 0 Å². The van der Waals surface area contributed by atoms with Gasteiger partial charge in [-0.3, -0.25) is 4.79 Å². The van der Waals surface area contributed by atoms with Crippen LogP contribution in [0.2, 0.25) is 0 Å². The van der Waals surface area contributed by atoms with E-state index in [0.717, 1.165) is 12.8 Å². The molecule has 1 aromatic heterocycles. The number of sulfonamides is 1. The molecule has 0 spiro atoms. The minimum absolute atomic E-state index is 0.0261. The number of anilines is 2. The molecule has 0 saturated heterocycles. The second-order valence-electron chi connectivity index (χ2n) is 12.8. The number of likely N-dealkylation sites (N-methyl/N-ethyl adjacent to an activating group) is 1. The topological polar surface area (TPSA) is 174 Å². The molecule has 0 aliphatic carbocycles. The van der Waals surface area contributed by atoms with Crippen molar-refractivity contribution in [1.82, 2.24) is 18.8 Å². The quantitative estimate of drug-likeness (QED) is 0.311. The summed E-state index contributed by atoms with van der Waals surface area (Å²) in [4.78, 5) is 32.9. The molecule has 2 aromatic carbocycles. The Hall–Kier alpha value is -4.38. The van der Waals surface area contributed by atoms with Gasteiger partial charge in [-0.05, 0) is 63.4 Å². The molecule has 272 valence electrons. The van der Waals surface area contributed by atoms with Crippen molar-refractivity contribution in [2.45, 2.75) is 63.3 Å². The lowest BCUT2D eigenvalue weighted by Gasteiger charge is -2.35. The molecule has 0 bridgehead atoms. The Morgan fingerprint density at radius 2 is 1.78 bits per heavy atom. The van der Waals surface area contributed by atoms with E-state index in [1.165, 1.54) is 28.8 Å². The van der Waals surface area contributed by atoms with E-state index in [2.05, 4.69) is 15.6 Å². The molecule has 0 fully saturated rings. The number of amides is 3. The number of aliphatic hydroxyl groups excluding tert-OH is 1. The maximum absolute atomic E-state index is 14.4. The number of fused-ring (bicyclic) bond motifs is 2. The molecule has 50 heavy (non-hydrogen) atoms. The van der Waals surface area contributed by atoms with E-state index >= 15 is 0 Å².